The van der Waals surface area contributed by atoms with Crippen LogP contribution < -0.4 is 5.63 Å². The molecule has 1 amide bonds. The van der Waals surface area contributed by atoms with Gasteiger partial charge in [0, 0.05) is 62.0 Å². The van der Waals surface area contributed by atoms with Crippen LogP contribution in [-0.4, -0.2) is 53.4 Å². The summed E-state index contributed by atoms with van der Waals surface area (Å²) in [7, 11) is 0. The topological polar surface area (TPSA) is 79.8 Å². The first-order valence-corrected chi connectivity index (χ1v) is 11.8. The molecule has 176 valence electrons. The summed E-state index contributed by atoms with van der Waals surface area (Å²) in [4.78, 5) is 34.1. The summed E-state index contributed by atoms with van der Waals surface area (Å²) in [6.07, 6.45) is 4.66. The molecule has 1 aromatic carbocycles. The molecule has 1 saturated heterocycles. The summed E-state index contributed by atoms with van der Waals surface area (Å²) in [5.41, 5.74) is 4.32. The van der Waals surface area contributed by atoms with Gasteiger partial charge < -0.3 is 13.7 Å². The Kier molecular flexibility index (Phi) is 5.96. The van der Waals surface area contributed by atoms with Crippen molar-refractivity contribution in [1.29, 1.82) is 0 Å². The average Bonchev–Trinajstić information content (AvgIpc) is 3.12. The van der Waals surface area contributed by atoms with Crippen LogP contribution in [0.5, 0.6) is 0 Å². The van der Waals surface area contributed by atoms with Gasteiger partial charge in [-0.05, 0) is 62.1 Å². The highest BCUT2D eigenvalue weighted by molar-refractivity contribution is 5.97. The first-order chi connectivity index (χ1) is 16.4. The number of amides is 1. The van der Waals surface area contributed by atoms with E-state index in [1.807, 2.05) is 56.3 Å². The molecule has 0 N–H and O–H groups in total. The SMILES string of the molecule is Cc1oc2cc3oc(=O)c(CC(=O)N4CCN(CCc5ccncc5)CC4)c(C)c3cc2c1C. The van der Waals surface area contributed by atoms with Crippen molar-refractivity contribution in [2.24, 2.45) is 0 Å². The molecule has 0 atom stereocenters. The van der Waals surface area contributed by atoms with Crippen molar-refractivity contribution in [3.63, 3.8) is 0 Å². The fourth-order valence-corrected chi connectivity index (χ4v) is 4.75. The lowest BCUT2D eigenvalue weighted by Gasteiger charge is -2.34. The summed E-state index contributed by atoms with van der Waals surface area (Å²) in [5, 5.41) is 1.85. The van der Waals surface area contributed by atoms with Crippen molar-refractivity contribution >= 4 is 27.8 Å². The van der Waals surface area contributed by atoms with Gasteiger partial charge in [0.1, 0.15) is 16.9 Å². The Bertz CT molecular complexity index is 1410. The number of furan rings is 1. The van der Waals surface area contributed by atoms with Crippen LogP contribution in [0.1, 0.15) is 28.0 Å². The van der Waals surface area contributed by atoms with Crippen molar-refractivity contribution < 1.29 is 13.6 Å². The summed E-state index contributed by atoms with van der Waals surface area (Å²) < 4.78 is 11.4. The number of carbonyl (C=O) groups excluding carboxylic acids is 1. The lowest BCUT2D eigenvalue weighted by Crippen LogP contribution is -2.49. The number of piperazine rings is 1. The van der Waals surface area contributed by atoms with Gasteiger partial charge in [-0.25, -0.2) is 4.79 Å². The van der Waals surface area contributed by atoms with Crippen LogP contribution in [-0.2, 0) is 17.6 Å². The normalized spacial score (nSPS) is 14.9. The summed E-state index contributed by atoms with van der Waals surface area (Å²) in [5.74, 6) is 0.820. The number of fused-ring (bicyclic) bond motifs is 2. The third-order valence-corrected chi connectivity index (χ3v) is 7.10. The first-order valence-electron chi connectivity index (χ1n) is 11.8. The third kappa shape index (κ3) is 4.23. The molecule has 0 unspecified atom stereocenters. The van der Waals surface area contributed by atoms with E-state index in [1.165, 1.54) is 5.56 Å². The minimum Gasteiger partial charge on any atom is -0.461 e. The maximum Gasteiger partial charge on any atom is 0.340 e. The Morgan fingerprint density at radius 2 is 1.62 bits per heavy atom. The Balaban J connectivity index is 1.28. The number of nitrogens with zero attached hydrogens (tertiary/aromatic N) is 3. The standard InChI is InChI=1S/C27H29N3O4/c1-17-19(3)33-24-16-25-22(14-21(17)24)18(2)23(27(32)34-25)15-26(31)30-12-10-29(11-13-30)9-6-20-4-7-28-8-5-20/h4-5,7-8,14,16H,6,9-13,15H2,1-3H3. The van der Waals surface area contributed by atoms with Crippen molar-refractivity contribution in [3.8, 4) is 0 Å². The minimum atomic E-state index is -0.450. The number of carbonyl (C=O) groups is 1. The summed E-state index contributed by atoms with van der Waals surface area (Å²) in [6, 6.07) is 7.86. The minimum absolute atomic E-state index is 0.0278. The van der Waals surface area contributed by atoms with Crippen molar-refractivity contribution in [2.75, 3.05) is 32.7 Å². The van der Waals surface area contributed by atoms with Crippen LogP contribution in [0.2, 0.25) is 0 Å². The fourth-order valence-electron chi connectivity index (χ4n) is 4.75. The van der Waals surface area contributed by atoms with E-state index in [4.69, 9.17) is 8.83 Å². The second-order valence-electron chi connectivity index (χ2n) is 9.13. The molecule has 0 bridgehead atoms. The van der Waals surface area contributed by atoms with E-state index in [-0.39, 0.29) is 12.3 Å². The molecular weight excluding hydrogens is 430 g/mol. The lowest BCUT2D eigenvalue weighted by atomic mass is 10.0. The second kappa shape index (κ2) is 9.06. The smallest absolute Gasteiger partial charge is 0.340 e. The number of aryl methyl sites for hydroxylation is 3. The molecule has 0 aliphatic carbocycles. The molecule has 1 fully saturated rings. The number of rotatable bonds is 5. The molecule has 1 aliphatic heterocycles. The van der Waals surface area contributed by atoms with Gasteiger partial charge >= 0.3 is 5.63 Å². The molecule has 5 rings (SSSR count). The van der Waals surface area contributed by atoms with Crippen LogP contribution in [0.4, 0.5) is 0 Å². The van der Waals surface area contributed by atoms with E-state index in [0.29, 0.717) is 29.8 Å². The zero-order valence-electron chi connectivity index (χ0n) is 19.9. The van der Waals surface area contributed by atoms with Gasteiger partial charge in [-0.1, -0.05) is 0 Å². The maximum absolute atomic E-state index is 13.1. The Hall–Kier alpha value is -3.45. The number of hydrogen-bond donors (Lipinski definition) is 0. The predicted molar refractivity (Wildman–Crippen MR) is 131 cm³/mol. The van der Waals surface area contributed by atoms with Crippen LogP contribution in [0.15, 0.2) is 50.3 Å². The van der Waals surface area contributed by atoms with Crippen LogP contribution >= 0.6 is 0 Å². The Morgan fingerprint density at radius 3 is 2.35 bits per heavy atom. The molecule has 4 heterocycles. The monoisotopic (exact) mass is 459 g/mol. The van der Waals surface area contributed by atoms with Crippen molar-refractivity contribution in [3.05, 3.63) is 75.1 Å². The molecule has 7 nitrogen and oxygen atoms in total. The summed E-state index contributed by atoms with van der Waals surface area (Å²) >= 11 is 0. The third-order valence-electron chi connectivity index (χ3n) is 7.10. The first kappa shape index (κ1) is 22.3. The van der Waals surface area contributed by atoms with Crippen LogP contribution in [0.25, 0.3) is 21.9 Å². The van der Waals surface area contributed by atoms with Gasteiger partial charge in [-0.3, -0.25) is 14.7 Å². The van der Waals surface area contributed by atoms with Gasteiger partial charge in [0.2, 0.25) is 5.91 Å². The largest absolute Gasteiger partial charge is 0.461 e. The summed E-state index contributed by atoms with van der Waals surface area (Å²) in [6.45, 7) is 9.80. The predicted octanol–water partition coefficient (Wildman–Crippen LogP) is 3.79. The van der Waals surface area contributed by atoms with Crippen LogP contribution in [0.3, 0.4) is 0 Å². The van der Waals surface area contributed by atoms with Crippen LogP contribution in [0, 0.1) is 20.8 Å². The number of benzene rings is 1. The van der Waals surface area contributed by atoms with E-state index in [2.05, 4.69) is 9.88 Å². The highest BCUT2D eigenvalue weighted by Crippen LogP contribution is 2.31. The zero-order chi connectivity index (χ0) is 23.8. The molecule has 0 radical (unpaired) electrons. The lowest BCUT2D eigenvalue weighted by molar-refractivity contribution is -0.132. The van der Waals surface area contributed by atoms with E-state index >= 15 is 0 Å². The molecule has 0 spiro atoms. The Morgan fingerprint density at radius 1 is 0.941 bits per heavy atom. The molecule has 4 aromatic rings. The Labute approximate surface area is 198 Å². The second-order valence-corrected chi connectivity index (χ2v) is 9.13. The van der Waals surface area contributed by atoms with Crippen molar-refractivity contribution in [1.82, 2.24) is 14.8 Å². The number of aromatic nitrogens is 1. The van der Waals surface area contributed by atoms with Gasteiger partial charge in [-0.2, -0.15) is 0 Å². The van der Waals surface area contributed by atoms with Gasteiger partial charge in [0.25, 0.3) is 0 Å². The fraction of sp³-hybridized carbons (Fsp3) is 0.370. The highest BCUT2D eigenvalue weighted by Gasteiger charge is 2.24. The molecular formula is C27H29N3O4. The maximum atomic E-state index is 13.1. The van der Waals surface area contributed by atoms with E-state index in [1.54, 1.807) is 6.07 Å². The number of pyridine rings is 1. The number of hydrogen-bond acceptors (Lipinski definition) is 6. The molecule has 7 heteroatoms. The molecule has 1 aliphatic rings. The molecule has 0 saturated carbocycles. The van der Waals surface area contributed by atoms with Crippen molar-refractivity contribution in [2.45, 2.75) is 33.6 Å². The van der Waals surface area contributed by atoms with E-state index in [0.717, 1.165) is 53.7 Å². The van der Waals surface area contributed by atoms with Gasteiger partial charge in [0.15, 0.2) is 0 Å². The quantitative estimate of drug-likeness (QED) is 0.423. The van der Waals surface area contributed by atoms with E-state index in [9.17, 15) is 9.59 Å². The highest BCUT2D eigenvalue weighted by atomic mass is 16.4. The van der Waals surface area contributed by atoms with Gasteiger partial charge in [0.05, 0.1) is 12.0 Å². The molecule has 34 heavy (non-hydrogen) atoms. The zero-order valence-corrected chi connectivity index (χ0v) is 19.9. The average molecular weight is 460 g/mol. The van der Waals surface area contributed by atoms with E-state index < -0.39 is 5.63 Å². The molecule has 3 aromatic heterocycles. The van der Waals surface area contributed by atoms with Gasteiger partial charge in [-0.15, -0.1) is 0 Å².